The normalized spacial score (nSPS) is 15.9. The molecule has 0 aromatic rings. The molecule has 0 unspecified atom stereocenters. The second kappa shape index (κ2) is 12.7. The van der Waals surface area contributed by atoms with Gasteiger partial charge in [0.05, 0.1) is 11.7 Å². The third-order valence-electron chi connectivity index (χ3n) is 2.66. The molecule has 4 nitrogen and oxygen atoms in total. The monoisotopic (exact) mass is 277 g/mol. The van der Waals surface area contributed by atoms with Crippen LogP contribution in [0.2, 0.25) is 0 Å². The van der Waals surface area contributed by atoms with Crippen LogP contribution in [0.5, 0.6) is 0 Å². The maximum absolute atomic E-state index is 9.47. The molecule has 0 radical (unpaired) electrons. The predicted molar refractivity (Wildman–Crippen MR) is 77.2 cm³/mol. The SMILES string of the molecule is CC(C)(C)O[C-]=O.[CH2-]CC(C[CH2-])OC1CCNCC1.[Li+]. The van der Waals surface area contributed by atoms with Crippen molar-refractivity contribution in [2.75, 3.05) is 13.1 Å². The Labute approximate surface area is 136 Å². The fourth-order valence-electron chi connectivity index (χ4n) is 1.61. The van der Waals surface area contributed by atoms with Crippen molar-refractivity contribution in [1.29, 1.82) is 0 Å². The molecule has 1 aliphatic rings. The predicted octanol–water partition coefficient (Wildman–Crippen LogP) is -0.555. The molecule has 0 bridgehead atoms. The van der Waals surface area contributed by atoms with E-state index in [1.165, 1.54) is 6.47 Å². The van der Waals surface area contributed by atoms with Crippen LogP contribution in [0.4, 0.5) is 0 Å². The van der Waals surface area contributed by atoms with Gasteiger partial charge >= 0.3 is 18.9 Å². The third kappa shape index (κ3) is 13.0. The van der Waals surface area contributed by atoms with Crippen LogP contribution < -0.4 is 24.2 Å². The minimum Gasteiger partial charge on any atom is -0.649 e. The van der Waals surface area contributed by atoms with Crippen molar-refractivity contribution in [2.45, 2.75) is 64.3 Å². The number of rotatable bonds is 5. The van der Waals surface area contributed by atoms with Gasteiger partial charge in [0.1, 0.15) is 0 Å². The molecule has 0 amide bonds. The molecule has 0 aromatic heterocycles. The van der Waals surface area contributed by atoms with Crippen molar-refractivity contribution in [3.05, 3.63) is 13.8 Å². The minimum atomic E-state index is -0.373. The number of nitrogens with one attached hydrogen (secondary N) is 1. The van der Waals surface area contributed by atoms with E-state index in [1.807, 2.05) is 0 Å². The molecule has 5 heteroatoms. The van der Waals surface area contributed by atoms with E-state index in [0.717, 1.165) is 38.8 Å². The minimum absolute atomic E-state index is 0. The van der Waals surface area contributed by atoms with Crippen LogP contribution in [0.1, 0.15) is 46.5 Å². The summed E-state index contributed by atoms with van der Waals surface area (Å²) >= 11 is 0. The molecule has 1 aliphatic heterocycles. The molecule has 0 saturated carbocycles. The van der Waals surface area contributed by atoms with Gasteiger partial charge in [0.15, 0.2) is 0 Å². The van der Waals surface area contributed by atoms with Gasteiger partial charge in [-0.3, -0.25) is 0 Å². The van der Waals surface area contributed by atoms with E-state index in [-0.39, 0.29) is 30.6 Å². The van der Waals surface area contributed by atoms with Crippen molar-refractivity contribution in [2.24, 2.45) is 0 Å². The van der Waals surface area contributed by atoms with E-state index >= 15 is 0 Å². The van der Waals surface area contributed by atoms with Crippen LogP contribution in [0.25, 0.3) is 0 Å². The van der Waals surface area contributed by atoms with Crippen LogP contribution in [-0.2, 0) is 14.3 Å². The summed E-state index contributed by atoms with van der Waals surface area (Å²) in [6.07, 6.45) is 4.67. The first-order valence-corrected chi connectivity index (χ1v) is 6.92. The molecule has 0 spiro atoms. The standard InChI is InChI=1S/C10H19NO.C5H9O2.Li/c1-3-9(4-2)12-10-5-7-11-8-6-10;1-5(2,3)7-4-6;/h9-11H,1-8H2;1-3H3;/q-2;-1;+1. The van der Waals surface area contributed by atoms with E-state index in [9.17, 15) is 4.79 Å². The van der Waals surface area contributed by atoms with Crippen molar-refractivity contribution in [1.82, 2.24) is 5.32 Å². The summed E-state index contributed by atoms with van der Waals surface area (Å²) in [7, 11) is 0. The summed E-state index contributed by atoms with van der Waals surface area (Å²) in [5.74, 6) is 0. The maximum atomic E-state index is 9.47. The number of hydrogen-bond donors (Lipinski definition) is 1. The van der Waals surface area contributed by atoms with Gasteiger partial charge in [0.2, 0.25) is 0 Å². The van der Waals surface area contributed by atoms with E-state index in [0.29, 0.717) is 6.10 Å². The molecule has 1 saturated heterocycles. The molecule has 20 heavy (non-hydrogen) atoms. The van der Waals surface area contributed by atoms with E-state index in [2.05, 4.69) is 23.9 Å². The fourth-order valence-corrected chi connectivity index (χ4v) is 1.61. The Morgan fingerprint density at radius 1 is 1.25 bits per heavy atom. The summed E-state index contributed by atoms with van der Waals surface area (Å²) in [4.78, 5) is 9.47. The number of carbonyl (C=O) groups excluding carboxylic acids is 1. The summed E-state index contributed by atoms with van der Waals surface area (Å²) in [6, 6.07) is 0. The van der Waals surface area contributed by atoms with Crippen LogP contribution >= 0.6 is 0 Å². The van der Waals surface area contributed by atoms with Gasteiger partial charge in [-0.15, -0.1) is 0 Å². The zero-order valence-corrected chi connectivity index (χ0v) is 13.5. The Morgan fingerprint density at radius 3 is 2.05 bits per heavy atom. The fraction of sp³-hybridized carbons (Fsp3) is 0.800. The summed E-state index contributed by atoms with van der Waals surface area (Å²) in [6.45, 7) is 16.6. The molecular formula is C15H28LiNO3-2. The zero-order chi connectivity index (χ0) is 14.7. The molecule has 1 heterocycles. The summed E-state index contributed by atoms with van der Waals surface area (Å²) < 4.78 is 10.2. The van der Waals surface area contributed by atoms with Crippen molar-refractivity contribution in [3.63, 3.8) is 0 Å². The van der Waals surface area contributed by atoms with Gasteiger partial charge in [-0.1, -0.05) is 6.47 Å². The molecule has 0 atom stereocenters. The number of piperidine rings is 1. The van der Waals surface area contributed by atoms with Crippen molar-refractivity contribution < 1.29 is 33.1 Å². The van der Waals surface area contributed by atoms with Crippen LogP contribution in [0.3, 0.4) is 0 Å². The Bertz CT molecular complexity index is 222. The number of hydrogen-bond acceptors (Lipinski definition) is 4. The van der Waals surface area contributed by atoms with Gasteiger partial charge < -0.3 is 33.4 Å². The molecule has 0 aliphatic carbocycles. The quantitative estimate of drug-likeness (QED) is 0.541. The molecule has 0 aromatic carbocycles. The van der Waals surface area contributed by atoms with Gasteiger partial charge in [-0.2, -0.15) is 12.8 Å². The Balaban J connectivity index is 0. The smallest absolute Gasteiger partial charge is 0.649 e. The molecule has 114 valence electrons. The van der Waals surface area contributed by atoms with E-state index < -0.39 is 0 Å². The average molecular weight is 277 g/mol. The van der Waals surface area contributed by atoms with Gasteiger partial charge in [-0.25, -0.2) is 0 Å². The van der Waals surface area contributed by atoms with E-state index in [4.69, 9.17) is 4.74 Å². The maximum Gasteiger partial charge on any atom is 1.00 e. The van der Waals surface area contributed by atoms with Gasteiger partial charge in [0.25, 0.3) is 0 Å². The summed E-state index contributed by atoms with van der Waals surface area (Å²) in [5.41, 5.74) is -0.373. The first kappa shape index (κ1) is 22.3. The first-order valence-electron chi connectivity index (χ1n) is 6.92. The van der Waals surface area contributed by atoms with Gasteiger partial charge in [-0.05, 0) is 46.7 Å². The van der Waals surface area contributed by atoms with Crippen molar-refractivity contribution >= 4 is 6.47 Å². The van der Waals surface area contributed by atoms with E-state index in [1.54, 1.807) is 20.8 Å². The van der Waals surface area contributed by atoms with Gasteiger partial charge in [0, 0.05) is 6.10 Å². The molecule has 1 N–H and O–H groups in total. The molecule has 1 fully saturated rings. The van der Waals surface area contributed by atoms with Crippen LogP contribution in [0.15, 0.2) is 0 Å². The molecule has 1 rings (SSSR count). The second-order valence-corrected chi connectivity index (χ2v) is 5.58. The van der Waals surface area contributed by atoms with Crippen LogP contribution in [0, 0.1) is 13.8 Å². The average Bonchev–Trinajstić information content (AvgIpc) is 2.36. The first-order chi connectivity index (χ1) is 8.92. The largest absolute Gasteiger partial charge is 1.00 e. The topological polar surface area (TPSA) is 47.6 Å². The Morgan fingerprint density at radius 2 is 1.75 bits per heavy atom. The van der Waals surface area contributed by atoms with Crippen LogP contribution in [-0.4, -0.2) is 37.4 Å². The Hall–Kier alpha value is -0.0126. The third-order valence-corrected chi connectivity index (χ3v) is 2.66. The molecular weight excluding hydrogens is 249 g/mol. The van der Waals surface area contributed by atoms with Crippen molar-refractivity contribution in [3.8, 4) is 0 Å². The zero-order valence-electron chi connectivity index (χ0n) is 13.5. The second-order valence-electron chi connectivity index (χ2n) is 5.58. The Kier molecular flexibility index (Phi) is 14.2. The summed E-state index contributed by atoms with van der Waals surface area (Å²) in [5, 5.41) is 3.31. The number of ether oxygens (including phenoxy) is 2.